The summed E-state index contributed by atoms with van der Waals surface area (Å²) in [4.78, 5) is 6.48. The molecular formula is C21H30ClIN4O2. The van der Waals surface area contributed by atoms with Gasteiger partial charge in [0.2, 0.25) is 0 Å². The maximum Gasteiger partial charge on any atom is 0.191 e. The van der Waals surface area contributed by atoms with Gasteiger partial charge in [-0.3, -0.25) is 4.99 Å². The van der Waals surface area contributed by atoms with Gasteiger partial charge >= 0.3 is 0 Å². The van der Waals surface area contributed by atoms with Gasteiger partial charge in [0.25, 0.3) is 0 Å². The van der Waals surface area contributed by atoms with E-state index in [4.69, 9.17) is 21.1 Å². The van der Waals surface area contributed by atoms with Gasteiger partial charge in [0.15, 0.2) is 17.5 Å². The third-order valence-corrected chi connectivity index (χ3v) is 4.72. The van der Waals surface area contributed by atoms with E-state index in [1.807, 2.05) is 30.3 Å². The minimum atomic E-state index is 0. The lowest BCUT2D eigenvalue weighted by atomic mass is 10.1. The number of hydrogen-bond acceptors (Lipinski definition) is 4. The molecule has 0 saturated carbocycles. The van der Waals surface area contributed by atoms with E-state index in [0.29, 0.717) is 24.6 Å². The summed E-state index contributed by atoms with van der Waals surface area (Å²) in [6.07, 6.45) is 0. The quantitative estimate of drug-likeness (QED) is 0.306. The molecule has 8 heteroatoms. The van der Waals surface area contributed by atoms with Crippen molar-refractivity contribution < 1.29 is 9.47 Å². The number of halogens is 2. The normalized spacial score (nSPS) is 12.2. The fraction of sp³-hybridized carbons (Fsp3) is 0.381. The van der Waals surface area contributed by atoms with Crippen LogP contribution < -0.4 is 20.1 Å². The van der Waals surface area contributed by atoms with E-state index in [9.17, 15) is 0 Å². The van der Waals surface area contributed by atoms with E-state index in [-0.39, 0.29) is 30.0 Å². The first-order valence-corrected chi connectivity index (χ1v) is 9.43. The predicted octanol–water partition coefficient (Wildman–Crippen LogP) is 3.94. The first-order chi connectivity index (χ1) is 13.5. The Bertz CT molecular complexity index is 785. The van der Waals surface area contributed by atoms with Crippen molar-refractivity contribution in [2.75, 3.05) is 41.9 Å². The molecule has 0 saturated heterocycles. The van der Waals surface area contributed by atoms with Crippen molar-refractivity contribution in [1.29, 1.82) is 0 Å². The highest BCUT2D eigenvalue weighted by Crippen LogP contribution is 2.27. The number of methoxy groups -OCH3 is 2. The lowest BCUT2D eigenvalue weighted by Crippen LogP contribution is -2.41. The Labute approximate surface area is 195 Å². The van der Waals surface area contributed by atoms with Gasteiger partial charge < -0.3 is 25.0 Å². The Kier molecular flexibility index (Phi) is 11.2. The van der Waals surface area contributed by atoms with Crippen molar-refractivity contribution in [2.24, 2.45) is 4.99 Å². The van der Waals surface area contributed by atoms with E-state index in [1.54, 1.807) is 21.3 Å². The molecule has 0 spiro atoms. The summed E-state index contributed by atoms with van der Waals surface area (Å²) in [7, 11) is 9.13. The molecule has 0 radical (unpaired) electrons. The number of rotatable bonds is 8. The number of guanidine groups is 1. The summed E-state index contributed by atoms with van der Waals surface area (Å²) >= 11 is 6.01. The van der Waals surface area contributed by atoms with Gasteiger partial charge in [-0.2, -0.15) is 0 Å². The molecule has 6 nitrogen and oxygen atoms in total. The molecule has 0 aliphatic rings. The smallest absolute Gasteiger partial charge is 0.191 e. The summed E-state index contributed by atoms with van der Waals surface area (Å²) in [6.45, 7) is 1.33. The Morgan fingerprint density at radius 3 is 2.24 bits per heavy atom. The van der Waals surface area contributed by atoms with Gasteiger partial charge in [-0.25, -0.2) is 0 Å². The predicted molar refractivity (Wildman–Crippen MR) is 131 cm³/mol. The second-order valence-electron chi connectivity index (χ2n) is 6.53. The van der Waals surface area contributed by atoms with E-state index in [0.717, 1.165) is 16.5 Å². The zero-order valence-electron chi connectivity index (χ0n) is 17.5. The number of nitrogens with zero attached hydrogens (tertiary/aromatic N) is 2. The Balaban J connectivity index is 0.00000420. The van der Waals surface area contributed by atoms with Gasteiger partial charge in [0.05, 0.1) is 20.3 Å². The fourth-order valence-electron chi connectivity index (χ4n) is 2.87. The second kappa shape index (κ2) is 12.8. The molecule has 0 aromatic heterocycles. The highest BCUT2D eigenvalue weighted by Gasteiger charge is 2.14. The molecule has 1 atom stereocenters. The van der Waals surface area contributed by atoms with Crippen molar-refractivity contribution in [3.63, 3.8) is 0 Å². The molecule has 0 aliphatic heterocycles. The van der Waals surface area contributed by atoms with Gasteiger partial charge in [0, 0.05) is 25.2 Å². The summed E-state index contributed by atoms with van der Waals surface area (Å²) in [5.74, 6) is 2.15. The van der Waals surface area contributed by atoms with Gasteiger partial charge in [-0.15, -0.1) is 24.0 Å². The Hall–Kier alpha value is -1.71. The number of benzene rings is 2. The fourth-order valence-corrected chi connectivity index (χ4v) is 3.00. The molecule has 0 fully saturated rings. The molecule has 2 rings (SSSR count). The minimum absolute atomic E-state index is 0. The molecule has 0 aliphatic carbocycles. The molecule has 0 amide bonds. The van der Waals surface area contributed by atoms with Crippen LogP contribution in [0.1, 0.15) is 17.2 Å². The Morgan fingerprint density at radius 1 is 1.03 bits per heavy atom. The van der Waals surface area contributed by atoms with Crippen molar-refractivity contribution in [3.05, 3.63) is 58.6 Å². The van der Waals surface area contributed by atoms with Gasteiger partial charge in [0.1, 0.15) is 0 Å². The minimum Gasteiger partial charge on any atom is -0.493 e. The van der Waals surface area contributed by atoms with Gasteiger partial charge in [-0.05, 0) is 49.5 Å². The van der Waals surface area contributed by atoms with Crippen LogP contribution in [0.5, 0.6) is 11.5 Å². The second-order valence-corrected chi connectivity index (χ2v) is 6.96. The van der Waals surface area contributed by atoms with Crippen molar-refractivity contribution >= 4 is 41.5 Å². The number of hydrogen-bond donors (Lipinski definition) is 2. The Morgan fingerprint density at radius 2 is 1.69 bits per heavy atom. The van der Waals surface area contributed by atoms with Crippen molar-refractivity contribution in [2.45, 2.75) is 12.6 Å². The van der Waals surface area contributed by atoms with Crippen LogP contribution in [0, 0.1) is 0 Å². The third-order valence-electron chi connectivity index (χ3n) is 4.47. The van der Waals surface area contributed by atoms with Crippen LogP contribution >= 0.6 is 35.6 Å². The van der Waals surface area contributed by atoms with Crippen LogP contribution in [-0.4, -0.2) is 52.8 Å². The first-order valence-electron chi connectivity index (χ1n) is 9.05. The zero-order valence-corrected chi connectivity index (χ0v) is 20.6. The summed E-state index contributed by atoms with van der Waals surface area (Å²) in [5, 5.41) is 7.46. The lowest BCUT2D eigenvalue weighted by Gasteiger charge is -2.26. The third kappa shape index (κ3) is 7.56. The van der Waals surface area contributed by atoms with E-state index < -0.39 is 0 Å². The van der Waals surface area contributed by atoms with Crippen LogP contribution in [0.4, 0.5) is 0 Å². The van der Waals surface area contributed by atoms with Crippen LogP contribution in [0.3, 0.4) is 0 Å². The summed E-state index contributed by atoms with van der Waals surface area (Å²) in [5.41, 5.74) is 2.26. The molecule has 2 N–H and O–H groups in total. The van der Waals surface area contributed by atoms with E-state index in [2.05, 4.69) is 46.8 Å². The maximum absolute atomic E-state index is 6.01. The molecule has 2 aromatic rings. The van der Waals surface area contributed by atoms with E-state index in [1.165, 1.54) is 5.56 Å². The number of nitrogens with one attached hydrogen (secondary N) is 2. The summed E-state index contributed by atoms with van der Waals surface area (Å²) in [6, 6.07) is 14.0. The van der Waals surface area contributed by atoms with Crippen LogP contribution in [-0.2, 0) is 6.54 Å². The number of aliphatic imine (C=N–C) groups is 1. The van der Waals surface area contributed by atoms with Crippen LogP contribution in [0.15, 0.2) is 47.5 Å². The number of ether oxygens (including phenoxy) is 2. The average molecular weight is 533 g/mol. The maximum atomic E-state index is 6.01. The number of likely N-dealkylation sites (N-methyl/N-ethyl adjacent to an activating group) is 1. The largest absolute Gasteiger partial charge is 0.493 e. The molecular weight excluding hydrogens is 503 g/mol. The summed E-state index contributed by atoms with van der Waals surface area (Å²) < 4.78 is 10.6. The topological polar surface area (TPSA) is 58.1 Å². The molecule has 0 heterocycles. The van der Waals surface area contributed by atoms with Crippen LogP contribution in [0.25, 0.3) is 0 Å². The SMILES string of the molecule is CN=C(NCc1ccc(OC)c(OC)c1)NCC(c1ccc(Cl)cc1)N(C)C.I. The molecule has 160 valence electrons. The van der Waals surface area contributed by atoms with Crippen molar-refractivity contribution in [1.82, 2.24) is 15.5 Å². The van der Waals surface area contributed by atoms with E-state index >= 15 is 0 Å². The molecule has 0 bridgehead atoms. The highest BCUT2D eigenvalue weighted by molar-refractivity contribution is 14.0. The van der Waals surface area contributed by atoms with Crippen LogP contribution in [0.2, 0.25) is 5.02 Å². The molecule has 29 heavy (non-hydrogen) atoms. The standard InChI is InChI=1S/C21H29ClN4O2.HI/c1-23-21(24-13-15-6-11-19(27-4)20(12-15)28-5)25-14-18(26(2)3)16-7-9-17(22)10-8-16;/h6-12,18H,13-14H2,1-5H3,(H2,23,24,25);1H. The average Bonchev–Trinajstić information content (AvgIpc) is 2.71. The first kappa shape index (κ1) is 25.3. The monoisotopic (exact) mass is 532 g/mol. The zero-order chi connectivity index (χ0) is 20.5. The van der Waals surface area contributed by atoms with Gasteiger partial charge in [-0.1, -0.05) is 29.8 Å². The van der Waals surface area contributed by atoms with Crippen molar-refractivity contribution in [3.8, 4) is 11.5 Å². The molecule has 1 unspecified atom stereocenters. The highest BCUT2D eigenvalue weighted by atomic mass is 127. The molecule has 2 aromatic carbocycles. The lowest BCUT2D eigenvalue weighted by molar-refractivity contribution is 0.298.